The lowest BCUT2D eigenvalue weighted by Gasteiger charge is -2.37. The van der Waals surface area contributed by atoms with Crippen molar-refractivity contribution in [1.82, 2.24) is 9.80 Å². The van der Waals surface area contributed by atoms with E-state index in [1.807, 2.05) is 88.7 Å². The van der Waals surface area contributed by atoms with Crippen molar-refractivity contribution in [2.45, 2.75) is 18.3 Å². The summed E-state index contributed by atoms with van der Waals surface area (Å²) in [4.78, 5) is 30.5. The van der Waals surface area contributed by atoms with Gasteiger partial charge in [-0.25, -0.2) is 0 Å². The van der Waals surface area contributed by atoms with Crippen LogP contribution in [0, 0.1) is 5.92 Å². The summed E-state index contributed by atoms with van der Waals surface area (Å²) in [5.74, 6) is 0.493. The van der Waals surface area contributed by atoms with Gasteiger partial charge in [0.2, 0.25) is 11.8 Å². The second-order valence-electron chi connectivity index (χ2n) is 8.76. The quantitative estimate of drug-likeness (QED) is 0.613. The van der Waals surface area contributed by atoms with Crippen LogP contribution < -0.4 is 0 Å². The zero-order chi connectivity index (χ0) is 21.9. The summed E-state index contributed by atoms with van der Waals surface area (Å²) in [6.45, 7) is 2.39. The van der Waals surface area contributed by atoms with Gasteiger partial charge < -0.3 is 9.80 Å². The van der Waals surface area contributed by atoms with Crippen LogP contribution in [0.25, 0.3) is 0 Å². The first-order valence-electron chi connectivity index (χ1n) is 11.4. The van der Waals surface area contributed by atoms with Crippen LogP contribution in [0.4, 0.5) is 0 Å². The van der Waals surface area contributed by atoms with Crippen molar-refractivity contribution in [3.63, 3.8) is 0 Å². The number of piperazine rings is 1. The van der Waals surface area contributed by atoms with Crippen LogP contribution in [0.3, 0.4) is 0 Å². The number of carbonyl (C=O) groups is 2. The van der Waals surface area contributed by atoms with Crippen molar-refractivity contribution >= 4 is 11.8 Å². The van der Waals surface area contributed by atoms with Crippen molar-refractivity contribution < 1.29 is 9.59 Å². The van der Waals surface area contributed by atoms with Crippen LogP contribution in [0.15, 0.2) is 91.0 Å². The number of benzene rings is 3. The van der Waals surface area contributed by atoms with Crippen molar-refractivity contribution in [1.29, 1.82) is 0 Å². The molecule has 2 aliphatic rings. The van der Waals surface area contributed by atoms with Gasteiger partial charge in [-0.2, -0.15) is 0 Å². The number of carbonyl (C=O) groups excluding carboxylic acids is 2. The van der Waals surface area contributed by atoms with E-state index in [-0.39, 0.29) is 23.7 Å². The molecule has 3 aromatic carbocycles. The third kappa shape index (κ3) is 4.18. The van der Waals surface area contributed by atoms with E-state index in [1.165, 1.54) is 5.56 Å². The molecule has 1 saturated carbocycles. The van der Waals surface area contributed by atoms with E-state index in [2.05, 4.69) is 12.1 Å². The van der Waals surface area contributed by atoms with E-state index in [9.17, 15) is 9.59 Å². The summed E-state index contributed by atoms with van der Waals surface area (Å²) in [6.07, 6.45) is 0.937. The molecule has 3 aromatic rings. The maximum atomic E-state index is 13.6. The van der Waals surface area contributed by atoms with E-state index in [0.29, 0.717) is 32.1 Å². The topological polar surface area (TPSA) is 40.6 Å². The monoisotopic (exact) mass is 424 g/mol. The Bertz CT molecular complexity index is 1020. The summed E-state index contributed by atoms with van der Waals surface area (Å²) in [6, 6.07) is 30.3. The minimum atomic E-state index is -0.314. The van der Waals surface area contributed by atoms with E-state index in [4.69, 9.17) is 0 Å². The smallest absolute Gasteiger partial charge is 0.234 e. The fourth-order valence-electron chi connectivity index (χ4n) is 4.87. The Hall–Kier alpha value is -3.40. The van der Waals surface area contributed by atoms with Crippen LogP contribution in [-0.2, 0) is 9.59 Å². The minimum absolute atomic E-state index is 0.0982. The first-order valence-corrected chi connectivity index (χ1v) is 11.4. The molecular formula is C28H28N2O2. The van der Waals surface area contributed by atoms with Gasteiger partial charge in [0.25, 0.3) is 0 Å². The first kappa shape index (κ1) is 20.5. The zero-order valence-electron chi connectivity index (χ0n) is 18.1. The molecule has 0 spiro atoms. The third-order valence-corrected chi connectivity index (χ3v) is 6.75. The number of hydrogen-bond donors (Lipinski definition) is 0. The van der Waals surface area contributed by atoms with Crippen molar-refractivity contribution in [3.8, 4) is 0 Å². The largest absolute Gasteiger partial charge is 0.339 e. The second-order valence-corrected chi connectivity index (χ2v) is 8.76. The van der Waals surface area contributed by atoms with Gasteiger partial charge >= 0.3 is 0 Å². The molecule has 1 aliphatic carbocycles. The maximum absolute atomic E-state index is 13.6. The molecule has 4 heteroatoms. The summed E-state index contributed by atoms with van der Waals surface area (Å²) in [5.41, 5.74) is 3.27. The molecule has 5 rings (SSSR count). The fourth-order valence-corrected chi connectivity index (χ4v) is 4.87. The molecule has 2 unspecified atom stereocenters. The molecule has 1 saturated heterocycles. The number of amides is 2. The maximum Gasteiger partial charge on any atom is 0.234 e. The van der Waals surface area contributed by atoms with Gasteiger partial charge in [0.15, 0.2) is 0 Å². The van der Waals surface area contributed by atoms with Crippen LogP contribution in [0.1, 0.15) is 34.9 Å². The highest BCUT2D eigenvalue weighted by Crippen LogP contribution is 2.48. The molecule has 0 N–H and O–H groups in total. The van der Waals surface area contributed by atoms with Gasteiger partial charge in [-0.05, 0) is 29.0 Å². The van der Waals surface area contributed by atoms with E-state index in [0.717, 1.165) is 17.5 Å². The molecule has 2 amide bonds. The normalized spacial score (nSPS) is 20.3. The van der Waals surface area contributed by atoms with Crippen molar-refractivity contribution in [2.24, 2.45) is 5.92 Å². The third-order valence-electron chi connectivity index (χ3n) is 6.75. The summed E-state index contributed by atoms with van der Waals surface area (Å²) in [5, 5.41) is 0. The standard InChI is InChI=1S/C28H28N2O2/c31-27(25-20-24(25)21-10-4-1-5-11-21)29-16-18-30(19-17-29)28(32)26(22-12-6-2-7-13-22)23-14-8-3-9-15-23/h1-15,24-26H,16-20H2. The van der Waals surface area contributed by atoms with E-state index >= 15 is 0 Å². The highest BCUT2D eigenvalue weighted by Gasteiger charge is 2.46. The Balaban J connectivity index is 1.24. The molecule has 32 heavy (non-hydrogen) atoms. The fraction of sp³-hybridized carbons (Fsp3) is 0.286. The molecule has 2 fully saturated rings. The zero-order valence-corrected chi connectivity index (χ0v) is 18.1. The van der Waals surface area contributed by atoms with Crippen LogP contribution >= 0.6 is 0 Å². The molecule has 0 aromatic heterocycles. The van der Waals surface area contributed by atoms with Gasteiger partial charge in [-0.15, -0.1) is 0 Å². The van der Waals surface area contributed by atoms with Crippen molar-refractivity contribution in [3.05, 3.63) is 108 Å². The number of nitrogens with zero attached hydrogens (tertiary/aromatic N) is 2. The predicted octanol–water partition coefficient (Wildman–Crippen LogP) is 4.29. The van der Waals surface area contributed by atoms with Crippen LogP contribution in [0.2, 0.25) is 0 Å². The highest BCUT2D eigenvalue weighted by atomic mass is 16.2. The average Bonchev–Trinajstić information content (AvgIpc) is 3.67. The Kier molecular flexibility index (Phi) is 5.76. The SMILES string of the molecule is O=C(C(c1ccccc1)c1ccccc1)N1CCN(C(=O)C2CC2c2ccccc2)CC1. The molecule has 0 radical (unpaired) electrons. The molecule has 1 aliphatic heterocycles. The minimum Gasteiger partial charge on any atom is -0.339 e. The Morgan fingerprint density at radius 1 is 0.656 bits per heavy atom. The predicted molar refractivity (Wildman–Crippen MR) is 125 cm³/mol. The molecule has 1 heterocycles. The number of rotatable bonds is 5. The van der Waals surface area contributed by atoms with Crippen LogP contribution in [-0.4, -0.2) is 47.8 Å². The van der Waals surface area contributed by atoms with Gasteiger partial charge in [-0.1, -0.05) is 91.0 Å². The van der Waals surface area contributed by atoms with Gasteiger partial charge in [0.1, 0.15) is 0 Å². The summed E-state index contributed by atoms with van der Waals surface area (Å²) in [7, 11) is 0. The summed E-state index contributed by atoms with van der Waals surface area (Å²) >= 11 is 0. The Morgan fingerprint density at radius 3 is 1.66 bits per heavy atom. The highest BCUT2D eigenvalue weighted by molar-refractivity contribution is 5.88. The molecule has 2 atom stereocenters. The van der Waals surface area contributed by atoms with Gasteiger partial charge in [-0.3, -0.25) is 9.59 Å². The van der Waals surface area contributed by atoms with Crippen LogP contribution in [0.5, 0.6) is 0 Å². The van der Waals surface area contributed by atoms with Gasteiger partial charge in [0.05, 0.1) is 5.92 Å². The molecule has 0 bridgehead atoms. The number of hydrogen-bond acceptors (Lipinski definition) is 2. The first-order chi connectivity index (χ1) is 15.7. The van der Waals surface area contributed by atoms with E-state index < -0.39 is 0 Å². The molecular weight excluding hydrogens is 396 g/mol. The molecule has 4 nitrogen and oxygen atoms in total. The lowest BCUT2D eigenvalue weighted by Crippen LogP contribution is -2.52. The second kappa shape index (κ2) is 8.99. The Labute approximate surface area is 189 Å². The lowest BCUT2D eigenvalue weighted by atomic mass is 9.90. The lowest BCUT2D eigenvalue weighted by molar-refractivity contribution is -0.140. The van der Waals surface area contributed by atoms with E-state index in [1.54, 1.807) is 0 Å². The van der Waals surface area contributed by atoms with Gasteiger partial charge in [0, 0.05) is 32.1 Å². The Morgan fingerprint density at radius 2 is 1.12 bits per heavy atom. The molecule has 162 valence electrons. The summed E-state index contributed by atoms with van der Waals surface area (Å²) < 4.78 is 0. The van der Waals surface area contributed by atoms with Crippen molar-refractivity contribution in [2.75, 3.05) is 26.2 Å². The average molecular weight is 425 g/mol.